The van der Waals surface area contributed by atoms with Gasteiger partial charge in [-0.3, -0.25) is 4.79 Å². The molecule has 6 nitrogen and oxygen atoms in total. The van der Waals surface area contributed by atoms with Crippen molar-refractivity contribution >= 4 is 29.7 Å². The summed E-state index contributed by atoms with van der Waals surface area (Å²) in [6, 6.07) is 5.77. The first-order valence-corrected chi connectivity index (χ1v) is 8.44. The highest BCUT2D eigenvalue weighted by atomic mass is 35.5. The Morgan fingerprint density at radius 3 is 2.52 bits per heavy atom. The highest BCUT2D eigenvalue weighted by Gasteiger charge is 2.24. The average molecular weight is 386 g/mol. The minimum absolute atomic E-state index is 0. The number of methoxy groups -OCH3 is 2. The maximum absolute atomic E-state index is 12.2. The standard InChI is InChI=1S/C17H23N3O3S.ClH/c1-17(2,11-5-6-13(22-3)14(7-11)23-4)10-19-16(21)12-9-24-15(8-18)20-12;/h5-7,9H,8,10,18H2,1-4H3,(H,19,21);1H. The molecule has 0 aliphatic carbocycles. The van der Waals surface area contributed by atoms with Gasteiger partial charge in [0.1, 0.15) is 10.7 Å². The van der Waals surface area contributed by atoms with Crippen LogP contribution in [0.5, 0.6) is 11.5 Å². The van der Waals surface area contributed by atoms with Gasteiger partial charge >= 0.3 is 0 Å². The number of nitrogens with one attached hydrogen (secondary N) is 1. The maximum Gasteiger partial charge on any atom is 0.270 e. The molecule has 0 saturated heterocycles. The van der Waals surface area contributed by atoms with Crippen molar-refractivity contribution in [3.05, 3.63) is 39.8 Å². The Labute approximate surface area is 158 Å². The van der Waals surface area contributed by atoms with Crippen LogP contribution in [0.25, 0.3) is 0 Å². The summed E-state index contributed by atoms with van der Waals surface area (Å²) in [5.74, 6) is 1.15. The number of ether oxygens (including phenoxy) is 2. The van der Waals surface area contributed by atoms with Gasteiger partial charge in [-0.2, -0.15) is 0 Å². The number of halogens is 1. The summed E-state index contributed by atoms with van der Waals surface area (Å²) in [7, 11) is 3.21. The number of nitrogens with two attached hydrogens (primary N) is 1. The molecule has 0 radical (unpaired) electrons. The number of carbonyl (C=O) groups excluding carboxylic acids is 1. The van der Waals surface area contributed by atoms with Crippen molar-refractivity contribution in [3.63, 3.8) is 0 Å². The lowest BCUT2D eigenvalue weighted by molar-refractivity contribution is 0.0941. The molecule has 0 atom stereocenters. The third-order valence-corrected chi connectivity index (χ3v) is 4.69. The molecule has 0 saturated carbocycles. The zero-order valence-electron chi connectivity index (χ0n) is 14.8. The van der Waals surface area contributed by atoms with E-state index in [1.807, 2.05) is 18.2 Å². The summed E-state index contributed by atoms with van der Waals surface area (Å²) in [4.78, 5) is 16.4. The second kappa shape index (κ2) is 9.03. The predicted octanol–water partition coefficient (Wildman–Crippen LogP) is 2.75. The first-order chi connectivity index (χ1) is 11.4. The lowest BCUT2D eigenvalue weighted by Crippen LogP contribution is -2.36. The lowest BCUT2D eigenvalue weighted by Gasteiger charge is -2.26. The molecule has 25 heavy (non-hydrogen) atoms. The summed E-state index contributed by atoms with van der Waals surface area (Å²) in [6.45, 7) is 4.92. The van der Waals surface area contributed by atoms with Crippen molar-refractivity contribution < 1.29 is 14.3 Å². The van der Waals surface area contributed by atoms with Gasteiger partial charge in [0.2, 0.25) is 0 Å². The Bertz CT molecular complexity index is 719. The van der Waals surface area contributed by atoms with E-state index in [9.17, 15) is 4.79 Å². The first-order valence-electron chi connectivity index (χ1n) is 7.56. The molecule has 0 spiro atoms. The van der Waals surface area contributed by atoms with Crippen LogP contribution in [0.3, 0.4) is 0 Å². The Morgan fingerprint density at radius 1 is 1.28 bits per heavy atom. The van der Waals surface area contributed by atoms with Crippen molar-refractivity contribution in [3.8, 4) is 11.5 Å². The minimum atomic E-state index is -0.276. The van der Waals surface area contributed by atoms with Crippen molar-refractivity contribution in [2.45, 2.75) is 25.8 Å². The summed E-state index contributed by atoms with van der Waals surface area (Å²) in [6.07, 6.45) is 0. The SMILES string of the molecule is COc1ccc(C(C)(C)CNC(=O)c2csc(CN)n2)cc1OC.Cl. The molecule has 1 heterocycles. The van der Waals surface area contributed by atoms with E-state index in [2.05, 4.69) is 24.1 Å². The van der Waals surface area contributed by atoms with Crippen LogP contribution in [0.4, 0.5) is 0 Å². The van der Waals surface area contributed by atoms with Crippen LogP contribution >= 0.6 is 23.7 Å². The molecule has 0 aliphatic heterocycles. The second-order valence-electron chi connectivity index (χ2n) is 5.97. The van der Waals surface area contributed by atoms with Crippen LogP contribution < -0.4 is 20.5 Å². The molecule has 0 aliphatic rings. The van der Waals surface area contributed by atoms with E-state index >= 15 is 0 Å². The van der Waals surface area contributed by atoms with E-state index in [4.69, 9.17) is 15.2 Å². The summed E-state index contributed by atoms with van der Waals surface area (Å²) < 4.78 is 10.6. The van der Waals surface area contributed by atoms with Gasteiger partial charge in [-0.1, -0.05) is 19.9 Å². The van der Waals surface area contributed by atoms with Crippen LogP contribution in [-0.4, -0.2) is 31.7 Å². The molecule has 2 rings (SSSR count). The van der Waals surface area contributed by atoms with E-state index in [-0.39, 0.29) is 23.7 Å². The molecule has 138 valence electrons. The molecule has 0 bridgehead atoms. The fraction of sp³-hybridized carbons (Fsp3) is 0.412. The summed E-state index contributed by atoms with van der Waals surface area (Å²) >= 11 is 1.39. The molecule has 3 N–H and O–H groups in total. The molecular weight excluding hydrogens is 362 g/mol. The van der Waals surface area contributed by atoms with Gasteiger partial charge in [-0.05, 0) is 17.7 Å². The topological polar surface area (TPSA) is 86.5 Å². The zero-order chi connectivity index (χ0) is 17.7. The molecule has 1 amide bonds. The van der Waals surface area contributed by atoms with Crippen LogP contribution in [0, 0.1) is 0 Å². The molecule has 1 aromatic carbocycles. The maximum atomic E-state index is 12.2. The van der Waals surface area contributed by atoms with Crippen LogP contribution in [0.15, 0.2) is 23.6 Å². The van der Waals surface area contributed by atoms with Gasteiger partial charge in [-0.25, -0.2) is 4.98 Å². The number of nitrogens with zero attached hydrogens (tertiary/aromatic N) is 1. The fourth-order valence-corrected chi connectivity index (χ4v) is 2.91. The smallest absolute Gasteiger partial charge is 0.270 e. The highest BCUT2D eigenvalue weighted by Crippen LogP contribution is 2.32. The van der Waals surface area contributed by atoms with Crippen molar-refractivity contribution in [1.29, 1.82) is 0 Å². The monoisotopic (exact) mass is 385 g/mol. The summed E-state index contributed by atoms with van der Waals surface area (Å²) in [5.41, 5.74) is 6.70. The Kier molecular flexibility index (Phi) is 7.66. The number of hydrogen-bond donors (Lipinski definition) is 2. The van der Waals surface area contributed by atoms with Gasteiger partial charge in [0.15, 0.2) is 11.5 Å². The largest absolute Gasteiger partial charge is 0.493 e. The predicted molar refractivity (Wildman–Crippen MR) is 102 cm³/mol. The van der Waals surface area contributed by atoms with Crippen LogP contribution in [-0.2, 0) is 12.0 Å². The van der Waals surface area contributed by atoms with E-state index in [1.54, 1.807) is 19.6 Å². The van der Waals surface area contributed by atoms with Gasteiger partial charge < -0.3 is 20.5 Å². The quantitative estimate of drug-likeness (QED) is 0.765. The van der Waals surface area contributed by atoms with E-state index < -0.39 is 0 Å². The molecule has 8 heteroatoms. The molecular formula is C17H24ClN3O3S. The highest BCUT2D eigenvalue weighted by molar-refractivity contribution is 7.09. The minimum Gasteiger partial charge on any atom is -0.493 e. The number of hydrogen-bond acceptors (Lipinski definition) is 6. The number of aromatic nitrogens is 1. The lowest BCUT2D eigenvalue weighted by atomic mass is 9.84. The number of benzene rings is 1. The Morgan fingerprint density at radius 2 is 1.96 bits per heavy atom. The van der Waals surface area contributed by atoms with Gasteiger partial charge in [0, 0.05) is 23.9 Å². The Balaban J connectivity index is 0.00000312. The van der Waals surface area contributed by atoms with Gasteiger partial charge in [0.05, 0.1) is 14.2 Å². The van der Waals surface area contributed by atoms with Crippen LogP contribution in [0.2, 0.25) is 0 Å². The number of thiazole rings is 1. The third kappa shape index (κ3) is 5.07. The van der Waals surface area contributed by atoms with Crippen molar-refractivity contribution in [1.82, 2.24) is 10.3 Å². The van der Waals surface area contributed by atoms with E-state index in [0.717, 1.165) is 10.6 Å². The second-order valence-corrected chi connectivity index (χ2v) is 6.91. The van der Waals surface area contributed by atoms with E-state index in [0.29, 0.717) is 30.3 Å². The number of amides is 1. The molecule has 1 aromatic heterocycles. The van der Waals surface area contributed by atoms with Gasteiger partial charge in [0.25, 0.3) is 5.91 Å². The first kappa shape index (κ1) is 21.2. The van der Waals surface area contributed by atoms with Crippen LogP contribution in [0.1, 0.15) is 34.9 Å². The zero-order valence-corrected chi connectivity index (χ0v) is 16.4. The summed E-state index contributed by atoms with van der Waals surface area (Å²) in [5, 5.41) is 5.41. The molecule has 0 fully saturated rings. The average Bonchev–Trinajstić information content (AvgIpc) is 3.08. The Hall–Kier alpha value is -1.83. The number of carbonyl (C=O) groups is 1. The van der Waals surface area contributed by atoms with E-state index in [1.165, 1.54) is 11.3 Å². The fourth-order valence-electron chi connectivity index (χ4n) is 2.26. The van der Waals surface area contributed by atoms with Crippen molar-refractivity contribution in [2.75, 3.05) is 20.8 Å². The molecule has 2 aromatic rings. The van der Waals surface area contributed by atoms with Crippen molar-refractivity contribution in [2.24, 2.45) is 5.73 Å². The number of rotatable bonds is 7. The third-order valence-electron chi connectivity index (χ3n) is 3.81. The normalized spacial score (nSPS) is 10.8. The molecule has 0 unspecified atom stereocenters. The van der Waals surface area contributed by atoms with Gasteiger partial charge in [-0.15, -0.1) is 23.7 Å².